The second kappa shape index (κ2) is 4.89. The molecule has 0 bridgehead atoms. The zero-order valence-electron chi connectivity index (χ0n) is 9.14. The molecule has 0 aromatic heterocycles. The molecule has 0 fully saturated rings. The molecule has 0 heterocycles. The molecule has 0 atom stereocenters. The van der Waals surface area contributed by atoms with E-state index in [9.17, 15) is 0 Å². The zero-order chi connectivity index (χ0) is 10.6. The van der Waals surface area contributed by atoms with Crippen LogP contribution in [0, 0.1) is 0 Å². The number of nitrogen functional groups attached to an aromatic ring is 2. The van der Waals surface area contributed by atoms with E-state index in [1.165, 1.54) is 11.1 Å². The van der Waals surface area contributed by atoms with Crippen molar-refractivity contribution < 1.29 is 0 Å². The molecule has 78 valence electrons. The Hall–Kier alpha value is -1.18. The van der Waals surface area contributed by atoms with Crippen molar-refractivity contribution in [3.63, 3.8) is 0 Å². The van der Waals surface area contributed by atoms with E-state index < -0.39 is 0 Å². The lowest BCUT2D eigenvalue weighted by Crippen LogP contribution is -2.01. The zero-order valence-corrected chi connectivity index (χ0v) is 9.14. The van der Waals surface area contributed by atoms with E-state index in [0.29, 0.717) is 0 Å². The van der Waals surface area contributed by atoms with Gasteiger partial charge in [-0.1, -0.05) is 26.7 Å². The summed E-state index contributed by atoms with van der Waals surface area (Å²) in [5.41, 5.74) is 16.1. The van der Waals surface area contributed by atoms with E-state index in [2.05, 4.69) is 13.8 Å². The number of hydrogen-bond acceptors (Lipinski definition) is 2. The topological polar surface area (TPSA) is 52.0 Å². The lowest BCUT2D eigenvalue weighted by atomic mass is 10.0. The third kappa shape index (κ3) is 2.41. The highest BCUT2D eigenvalue weighted by Crippen LogP contribution is 2.23. The Morgan fingerprint density at radius 2 is 1.21 bits per heavy atom. The Morgan fingerprint density at radius 3 is 1.50 bits per heavy atom. The molecule has 0 saturated heterocycles. The number of aryl methyl sites for hydroxylation is 2. The van der Waals surface area contributed by atoms with E-state index in [0.717, 1.165) is 37.1 Å². The van der Waals surface area contributed by atoms with Crippen molar-refractivity contribution in [1.82, 2.24) is 0 Å². The van der Waals surface area contributed by atoms with Gasteiger partial charge in [0.2, 0.25) is 0 Å². The van der Waals surface area contributed by atoms with Crippen molar-refractivity contribution in [3.8, 4) is 0 Å². The summed E-state index contributed by atoms with van der Waals surface area (Å²) in [5.74, 6) is 0. The molecular formula is C12H20N2. The van der Waals surface area contributed by atoms with Gasteiger partial charge in [-0.05, 0) is 36.1 Å². The summed E-state index contributed by atoms with van der Waals surface area (Å²) in [5, 5.41) is 0. The summed E-state index contributed by atoms with van der Waals surface area (Å²) in [6, 6.07) is 4.06. The molecule has 0 amide bonds. The van der Waals surface area contributed by atoms with Crippen LogP contribution in [-0.4, -0.2) is 0 Å². The molecule has 1 rings (SSSR count). The third-order valence-corrected chi connectivity index (χ3v) is 2.44. The van der Waals surface area contributed by atoms with E-state index in [-0.39, 0.29) is 0 Å². The van der Waals surface area contributed by atoms with Gasteiger partial charge in [0.15, 0.2) is 0 Å². The molecule has 0 saturated carbocycles. The highest BCUT2D eigenvalue weighted by molar-refractivity contribution is 5.60. The Kier molecular flexibility index (Phi) is 3.81. The van der Waals surface area contributed by atoms with Gasteiger partial charge in [-0.25, -0.2) is 0 Å². The van der Waals surface area contributed by atoms with Gasteiger partial charge in [0.1, 0.15) is 0 Å². The minimum Gasteiger partial charge on any atom is -0.398 e. The molecule has 1 aromatic carbocycles. The maximum absolute atomic E-state index is 5.95. The monoisotopic (exact) mass is 192 g/mol. The average molecular weight is 192 g/mol. The Bertz CT molecular complexity index is 274. The Balaban J connectivity index is 2.97. The summed E-state index contributed by atoms with van der Waals surface area (Å²) < 4.78 is 0. The molecular weight excluding hydrogens is 172 g/mol. The number of nitrogens with two attached hydrogens (primary N) is 2. The van der Waals surface area contributed by atoms with Gasteiger partial charge in [0.25, 0.3) is 0 Å². The fourth-order valence-corrected chi connectivity index (χ4v) is 1.70. The van der Waals surface area contributed by atoms with Crippen LogP contribution >= 0.6 is 0 Å². The van der Waals surface area contributed by atoms with Crippen molar-refractivity contribution in [2.45, 2.75) is 39.5 Å². The van der Waals surface area contributed by atoms with Crippen LogP contribution in [0.15, 0.2) is 12.1 Å². The second-order valence-corrected chi connectivity index (χ2v) is 3.75. The highest BCUT2D eigenvalue weighted by Gasteiger charge is 2.04. The average Bonchev–Trinajstić information content (AvgIpc) is 2.14. The summed E-state index contributed by atoms with van der Waals surface area (Å²) in [6.07, 6.45) is 4.25. The molecule has 2 heteroatoms. The van der Waals surface area contributed by atoms with Gasteiger partial charge in [0.05, 0.1) is 0 Å². The number of benzene rings is 1. The molecule has 0 radical (unpaired) electrons. The van der Waals surface area contributed by atoms with Crippen molar-refractivity contribution in [2.24, 2.45) is 0 Å². The minimum absolute atomic E-state index is 0.893. The van der Waals surface area contributed by atoms with Crippen molar-refractivity contribution in [3.05, 3.63) is 23.3 Å². The SMILES string of the molecule is CCCc1cc(N)c(CCC)cc1N. The van der Waals surface area contributed by atoms with Gasteiger partial charge in [-0.3, -0.25) is 0 Å². The van der Waals surface area contributed by atoms with Gasteiger partial charge >= 0.3 is 0 Å². The van der Waals surface area contributed by atoms with Crippen LogP contribution < -0.4 is 11.5 Å². The molecule has 2 nitrogen and oxygen atoms in total. The van der Waals surface area contributed by atoms with Crippen LogP contribution in [0.25, 0.3) is 0 Å². The predicted octanol–water partition coefficient (Wildman–Crippen LogP) is 2.76. The molecule has 0 aliphatic heterocycles. The lowest BCUT2D eigenvalue weighted by molar-refractivity contribution is 0.909. The van der Waals surface area contributed by atoms with Crippen molar-refractivity contribution in [2.75, 3.05) is 11.5 Å². The minimum atomic E-state index is 0.893. The maximum atomic E-state index is 5.95. The first kappa shape index (κ1) is 10.9. The predicted molar refractivity (Wildman–Crippen MR) is 63.3 cm³/mol. The normalized spacial score (nSPS) is 10.4. The molecule has 0 unspecified atom stereocenters. The van der Waals surface area contributed by atoms with Gasteiger partial charge in [0, 0.05) is 11.4 Å². The smallest absolute Gasteiger partial charge is 0.0350 e. The van der Waals surface area contributed by atoms with Crippen LogP contribution in [0.5, 0.6) is 0 Å². The summed E-state index contributed by atoms with van der Waals surface area (Å²) >= 11 is 0. The fourth-order valence-electron chi connectivity index (χ4n) is 1.70. The molecule has 14 heavy (non-hydrogen) atoms. The summed E-state index contributed by atoms with van der Waals surface area (Å²) in [7, 11) is 0. The van der Waals surface area contributed by atoms with Crippen molar-refractivity contribution in [1.29, 1.82) is 0 Å². The lowest BCUT2D eigenvalue weighted by Gasteiger charge is -2.10. The van der Waals surface area contributed by atoms with E-state index in [1.54, 1.807) is 0 Å². The first-order valence-electron chi connectivity index (χ1n) is 5.35. The van der Waals surface area contributed by atoms with E-state index >= 15 is 0 Å². The first-order valence-corrected chi connectivity index (χ1v) is 5.35. The first-order chi connectivity index (χ1) is 6.69. The molecule has 1 aromatic rings. The number of hydrogen-bond donors (Lipinski definition) is 2. The third-order valence-electron chi connectivity index (χ3n) is 2.44. The molecule has 0 aliphatic rings. The molecule has 4 N–H and O–H groups in total. The maximum Gasteiger partial charge on any atom is 0.0350 e. The van der Waals surface area contributed by atoms with E-state index in [4.69, 9.17) is 11.5 Å². The molecule has 0 spiro atoms. The van der Waals surface area contributed by atoms with Crippen LogP contribution in [0.3, 0.4) is 0 Å². The van der Waals surface area contributed by atoms with Crippen LogP contribution in [0.1, 0.15) is 37.8 Å². The number of anilines is 2. The van der Waals surface area contributed by atoms with Gasteiger partial charge < -0.3 is 11.5 Å². The largest absolute Gasteiger partial charge is 0.398 e. The standard InChI is InChI=1S/C12H20N2/c1-3-5-9-7-12(14)10(6-4-2)8-11(9)13/h7-8H,3-6,13-14H2,1-2H3. The van der Waals surface area contributed by atoms with Crippen molar-refractivity contribution >= 4 is 11.4 Å². The summed E-state index contributed by atoms with van der Waals surface area (Å²) in [6.45, 7) is 4.30. The number of rotatable bonds is 4. The van der Waals surface area contributed by atoms with Gasteiger partial charge in [-0.15, -0.1) is 0 Å². The highest BCUT2D eigenvalue weighted by atomic mass is 14.6. The second-order valence-electron chi connectivity index (χ2n) is 3.75. The van der Waals surface area contributed by atoms with E-state index in [1.807, 2.05) is 12.1 Å². The Labute approximate surface area is 86.3 Å². The fraction of sp³-hybridized carbons (Fsp3) is 0.500. The van der Waals surface area contributed by atoms with Crippen LogP contribution in [0.2, 0.25) is 0 Å². The van der Waals surface area contributed by atoms with Gasteiger partial charge in [-0.2, -0.15) is 0 Å². The van der Waals surface area contributed by atoms with Crippen LogP contribution in [-0.2, 0) is 12.8 Å². The Morgan fingerprint density at radius 1 is 0.857 bits per heavy atom. The quantitative estimate of drug-likeness (QED) is 0.721. The molecule has 0 aliphatic carbocycles. The summed E-state index contributed by atoms with van der Waals surface area (Å²) in [4.78, 5) is 0. The van der Waals surface area contributed by atoms with Crippen LogP contribution in [0.4, 0.5) is 11.4 Å².